The van der Waals surface area contributed by atoms with Crippen molar-refractivity contribution in [3.8, 4) is 5.75 Å². The van der Waals surface area contributed by atoms with Crippen LogP contribution in [0.4, 0.5) is 4.39 Å². The Bertz CT molecular complexity index is 935. The quantitative estimate of drug-likeness (QED) is 0.863. The summed E-state index contributed by atoms with van der Waals surface area (Å²) in [6.07, 6.45) is 0.158. The highest BCUT2D eigenvalue weighted by Gasteiger charge is 2.36. The SMILES string of the molecule is CC(C1Cc2ccccc2O1)N(C)S(=O)(=O)c1ccc(C(=O)O)cc1F. The Morgan fingerprint density at radius 2 is 2.00 bits per heavy atom. The number of fused-ring (bicyclic) bond motifs is 1. The number of carbonyl (C=O) groups is 1. The molecule has 1 N–H and O–H groups in total. The zero-order chi connectivity index (χ0) is 19.1. The highest BCUT2D eigenvalue weighted by atomic mass is 32.2. The first-order chi connectivity index (χ1) is 12.2. The summed E-state index contributed by atoms with van der Waals surface area (Å²) in [5.74, 6) is -1.71. The molecule has 0 aromatic heterocycles. The zero-order valence-electron chi connectivity index (χ0n) is 14.2. The number of likely N-dealkylation sites (N-methyl/N-ethyl adjacent to an activating group) is 1. The second-order valence-corrected chi connectivity index (χ2v) is 8.15. The smallest absolute Gasteiger partial charge is 0.335 e. The van der Waals surface area contributed by atoms with Crippen molar-refractivity contribution in [2.45, 2.75) is 30.4 Å². The Labute approximate surface area is 150 Å². The van der Waals surface area contributed by atoms with Crippen molar-refractivity contribution in [1.29, 1.82) is 0 Å². The van der Waals surface area contributed by atoms with Gasteiger partial charge in [0.25, 0.3) is 0 Å². The molecule has 1 heterocycles. The number of ether oxygens (including phenoxy) is 1. The van der Waals surface area contributed by atoms with Gasteiger partial charge in [0.1, 0.15) is 22.6 Å². The van der Waals surface area contributed by atoms with E-state index in [1.165, 1.54) is 7.05 Å². The first-order valence-corrected chi connectivity index (χ1v) is 9.41. The van der Waals surface area contributed by atoms with E-state index in [1.807, 2.05) is 24.3 Å². The van der Waals surface area contributed by atoms with Crippen LogP contribution in [0.2, 0.25) is 0 Å². The predicted octanol–water partition coefficient (Wildman–Crippen LogP) is 2.54. The van der Waals surface area contributed by atoms with E-state index >= 15 is 0 Å². The first kappa shape index (κ1) is 18.3. The molecular weight excluding hydrogens is 361 g/mol. The van der Waals surface area contributed by atoms with E-state index in [0.717, 1.165) is 22.0 Å². The van der Waals surface area contributed by atoms with Crippen LogP contribution < -0.4 is 4.74 Å². The van der Waals surface area contributed by atoms with Gasteiger partial charge in [-0.25, -0.2) is 17.6 Å². The molecule has 2 aromatic rings. The Kier molecular flexibility index (Phi) is 4.72. The number of hydrogen-bond acceptors (Lipinski definition) is 4. The minimum atomic E-state index is -4.15. The van der Waals surface area contributed by atoms with Gasteiger partial charge in [-0.05, 0) is 36.8 Å². The number of carboxylic acid groups (broad SMARTS) is 1. The molecule has 0 radical (unpaired) electrons. The van der Waals surface area contributed by atoms with Crippen LogP contribution in [0.1, 0.15) is 22.8 Å². The maximum atomic E-state index is 14.2. The van der Waals surface area contributed by atoms with Gasteiger partial charge in [0, 0.05) is 13.5 Å². The summed E-state index contributed by atoms with van der Waals surface area (Å²) in [6.45, 7) is 1.69. The van der Waals surface area contributed by atoms with Crippen molar-refractivity contribution in [1.82, 2.24) is 4.31 Å². The van der Waals surface area contributed by atoms with E-state index in [2.05, 4.69) is 0 Å². The maximum absolute atomic E-state index is 14.2. The van der Waals surface area contributed by atoms with Crippen LogP contribution in [0.25, 0.3) is 0 Å². The minimum absolute atomic E-state index is 0.313. The highest BCUT2D eigenvalue weighted by Crippen LogP contribution is 2.32. The Balaban J connectivity index is 1.85. The molecule has 0 spiro atoms. The molecule has 26 heavy (non-hydrogen) atoms. The van der Waals surface area contributed by atoms with Gasteiger partial charge in [-0.15, -0.1) is 0 Å². The number of rotatable bonds is 5. The van der Waals surface area contributed by atoms with Gasteiger partial charge in [0.05, 0.1) is 11.6 Å². The van der Waals surface area contributed by atoms with Gasteiger partial charge in [-0.2, -0.15) is 4.31 Å². The molecule has 3 rings (SSSR count). The number of aromatic carboxylic acids is 1. The molecule has 0 saturated heterocycles. The Morgan fingerprint density at radius 3 is 2.62 bits per heavy atom. The fraction of sp³-hybridized carbons (Fsp3) is 0.278. The summed E-state index contributed by atoms with van der Waals surface area (Å²) in [5.41, 5.74) is 0.680. The normalized spacial score (nSPS) is 17.6. The summed E-state index contributed by atoms with van der Waals surface area (Å²) in [7, 11) is -2.79. The number of sulfonamides is 1. The molecule has 2 unspecified atom stereocenters. The number of nitrogens with zero attached hydrogens (tertiary/aromatic N) is 1. The van der Waals surface area contributed by atoms with E-state index in [0.29, 0.717) is 18.2 Å². The summed E-state index contributed by atoms with van der Waals surface area (Å²) in [5, 5.41) is 8.89. The fourth-order valence-corrected chi connectivity index (χ4v) is 4.36. The highest BCUT2D eigenvalue weighted by molar-refractivity contribution is 7.89. The largest absolute Gasteiger partial charge is 0.488 e. The summed E-state index contributed by atoms with van der Waals surface area (Å²) in [4.78, 5) is 10.3. The lowest BCUT2D eigenvalue weighted by molar-refractivity contribution is 0.0696. The zero-order valence-corrected chi connectivity index (χ0v) is 15.0. The number of benzene rings is 2. The van der Waals surface area contributed by atoms with E-state index in [4.69, 9.17) is 9.84 Å². The molecule has 0 amide bonds. The molecule has 2 atom stereocenters. The molecular formula is C18H18FNO5S. The molecule has 138 valence electrons. The maximum Gasteiger partial charge on any atom is 0.335 e. The predicted molar refractivity (Wildman–Crippen MR) is 92.3 cm³/mol. The van der Waals surface area contributed by atoms with Gasteiger partial charge in [-0.1, -0.05) is 18.2 Å². The molecule has 0 saturated carbocycles. The van der Waals surface area contributed by atoms with Gasteiger partial charge in [-0.3, -0.25) is 0 Å². The van der Waals surface area contributed by atoms with Crippen molar-refractivity contribution in [2.75, 3.05) is 7.05 Å². The van der Waals surface area contributed by atoms with Crippen molar-refractivity contribution >= 4 is 16.0 Å². The molecule has 0 aliphatic carbocycles. The molecule has 0 fully saturated rings. The van der Waals surface area contributed by atoms with E-state index in [-0.39, 0.29) is 5.56 Å². The van der Waals surface area contributed by atoms with Gasteiger partial charge >= 0.3 is 5.97 Å². The van der Waals surface area contributed by atoms with Crippen LogP contribution >= 0.6 is 0 Å². The lowest BCUT2D eigenvalue weighted by Crippen LogP contribution is -2.44. The third-order valence-corrected chi connectivity index (χ3v) is 6.60. The van der Waals surface area contributed by atoms with Crippen LogP contribution in [0.3, 0.4) is 0 Å². The van der Waals surface area contributed by atoms with Crippen molar-refractivity contribution in [2.24, 2.45) is 0 Å². The fourth-order valence-electron chi connectivity index (χ4n) is 2.93. The average Bonchev–Trinajstić information content (AvgIpc) is 3.04. The minimum Gasteiger partial charge on any atom is -0.488 e. The number of carboxylic acids is 1. The molecule has 2 aromatic carbocycles. The summed E-state index contributed by atoms with van der Waals surface area (Å²) >= 11 is 0. The summed E-state index contributed by atoms with van der Waals surface area (Å²) in [6, 6.07) is 9.66. The number of para-hydroxylation sites is 1. The average molecular weight is 379 g/mol. The third kappa shape index (κ3) is 3.17. The number of hydrogen-bond donors (Lipinski definition) is 1. The Hall–Kier alpha value is -2.45. The van der Waals surface area contributed by atoms with Crippen LogP contribution in [0.5, 0.6) is 5.75 Å². The van der Waals surface area contributed by atoms with Gasteiger partial charge in [0.2, 0.25) is 10.0 Å². The molecule has 1 aliphatic heterocycles. The topological polar surface area (TPSA) is 83.9 Å². The second kappa shape index (κ2) is 6.69. The van der Waals surface area contributed by atoms with E-state index in [1.54, 1.807) is 6.92 Å². The van der Waals surface area contributed by atoms with Crippen molar-refractivity contribution in [3.05, 3.63) is 59.4 Å². The molecule has 8 heteroatoms. The lowest BCUT2D eigenvalue weighted by Gasteiger charge is -2.28. The monoisotopic (exact) mass is 379 g/mol. The lowest BCUT2D eigenvalue weighted by atomic mass is 10.1. The second-order valence-electron chi connectivity index (χ2n) is 6.18. The Morgan fingerprint density at radius 1 is 1.31 bits per heavy atom. The van der Waals surface area contributed by atoms with Gasteiger partial charge in [0.15, 0.2) is 0 Å². The third-order valence-electron chi connectivity index (χ3n) is 4.62. The standard InChI is InChI=1S/C18H18FNO5S/c1-11(16-10-12-5-3-4-6-15(12)25-16)20(2)26(23,24)17-8-7-13(18(21)22)9-14(17)19/h3-9,11,16H,10H2,1-2H3,(H,21,22). The van der Waals surface area contributed by atoms with Crippen LogP contribution in [0, 0.1) is 5.82 Å². The first-order valence-electron chi connectivity index (χ1n) is 7.97. The number of halogens is 1. The molecule has 6 nitrogen and oxygen atoms in total. The van der Waals surface area contributed by atoms with E-state index in [9.17, 15) is 17.6 Å². The van der Waals surface area contributed by atoms with E-state index < -0.39 is 38.9 Å². The van der Waals surface area contributed by atoms with Gasteiger partial charge < -0.3 is 9.84 Å². The molecule has 1 aliphatic rings. The van der Waals surface area contributed by atoms with Crippen LogP contribution in [-0.4, -0.2) is 43.0 Å². The van der Waals surface area contributed by atoms with Crippen LogP contribution in [0.15, 0.2) is 47.4 Å². The van der Waals surface area contributed by atoms with Crippen LogP contribution in [-0.2, 0) is 16.4 Å². The molecule has 0 bridgehead atoms. The van der Waals surface area contributed by atoms with Crippen molar-refractivity contribution in [3.63, 3.8) is 0 Å². The van der Waals surface area contributed by atoms with Crippen molar-refractivity contribution < 1.29 is 27.4 Å². The summed E-state index contributed by atoms with van der Waals surface area (Å²) < 4.78 is 46.7.